The van der Waals surface area contributed by atoms with E-state index in [-0.39, 0.29) is 5.91 Å². The highest BCUT2D eigenvalue weighted by Crippen LogP contribution is 2.34. The molecule has 29 heavy (non-hydrogen) atoms. The SMILES string of the molecule is COc1ccc(-c2nnc(S[C@@H](C)C(=O)Nc3cc(C)ccc3C)o2)c(OC)c1. The summed E-state index contributed by atoms with van der Waals surface area (Å²) in [6.45, 7) is 5.74. The van der Waals surface area contributed by atoms with Crippen LogP contribution in [0.1, 0.15) is 18.1 Å². The Hall–Kier alpha value is -3.00. The number of rotatable bonds is 7. The summed E-state index contributed by atoms with van der Waals surface area (Å²) in [5.41, 5.74) is 3.55. The van der Waals surface area contributed by atoms with E-state index in [1.165, 1.54) is 11.8 Å². The molecule has 0 aliphatic heterocycles. The maximum atomic E-state index is 12.6. The minimum absolute atomic E-state index is 0.134. The van der Waals surface area contributed by atoms with Gasteiger partial charge in [0, 0.05) is 11.8 Å². The summed E-state index contributed by atoms with van der Waals surface area (Å²) < 4.78 is 16.3. The predicted octanol–water partition coefficient (Wildman–Crippen LogP) is 4.49. The predicted molar refractivity (Wildman–Crippen MR) is 113 cm³/mol. The van der Waals surface area contributed by atoms with Crippen LogP contribution >= 0.6 is 11.8 Å². The summed E-state index contributed by atoms with van der Waals surface area (Å²) in [5, 5.41) is 11.0. The second-order valence-electron chi connectivity index (χ2n) is 6.51. The quantitative estimate of drug-likeness (QED) is 0.571. The average molecular weight is 413 g/mol. The molecular weight excluding hydrogens is 390 g/mol. The van der Waals surface area contributed by atoms with E-state index in [9.17, 15) is 4.79 Å². The first kappa shape index (κ1) is 20.7. The summed E-state index contributed by atoms with van der Waals surface area (Å²) >= 11 is 1.20. The first-order valence-corrected chi connectivity index (χ1v) is 9.90. The fourth-order valence-corrected chi connectivity index (χ4v) is 3.33. The summed E-state index contributed by atoms with van der Waals surface area (Å²) in [4.78, 5) is 12.6. The Labute approximate surface area is 173 Å². The number of ether oxygens (including phenoxy) is 2. The highest BCUT2D eigenvalue weighted by Gasteiger charge is 2.20. The Balaban J connectivity index is 1.71. The normalized spacial score (nSPS) is 11.8. The van der Waals surface area contributed by atoms with E-state index in [1.807, 2.05) is 32.0 Å². The van der Waals surface area contributed by atoms with Crippen LogP contribution in [0, 0.1) is 13.8 Å². The first-order chi connectivity index (χ1) is 13.9. The van der Waals surface area contributed by atoms with E-state index in [1.54, 1.807) is 39.3 Å². The monoisotopic (exact) mass is 413 g/mol. The van der Waals surface area contributed by atoms with Crippen LogP contribution in [0.2, 0.25) is 0 Å². The molecule has 0 aliphatic rings. The van der Waals surface area contributed by atoms with Crippen molar-refractivity contribution in [3.05, 3.63) is 47.5 Å². The van der Waals surface area contributed by atoms with Crippen molar-refractivity contribution in [2.75, 3.05) is 19.5 Å². The molecule has 8 heteroatoms. The molecule has 1 aromatic heterocycles. The van der Waals surface area contributed by atoms with Gasteiger partial charge >= 0.3 is 0 Å². The lowest BCUT2D eigenvalue weighted by atomic mass is 10.1. The van der Waals surface area contributed by atoms with Crippen LogP contribution < -0.4 is 14.8 Å². The van der Waals surface area contributed by atoms with Gasteiger partial charge in [0.15, 0.2) is 0 Å². The van der Waals surface area contributed by atoms with Crippen molar-refractivity contribution in [1.82, 2.24) is 10.2 Å². The minimum Gasteiger partial charge on any atom is -0.497 e. The van der Waals surface area contributed by atoms with Gasteiger partial charge in [0.1, 0.15) is 11.5 Å². The van der Waals surface area contributed by atoms with Gasteiger partial charge in [-0.25, -0.2) is 0 Å². The summed E-state index contributed by atoms with van der Waals surface area (Å²) in [5.74, 6) is 1.40. The minimum atomic E-state index is -0.416. The van der Waals surface area contributed by atoms with Crippen molar-refractivity contribution in [3.63, 3.8) is 0 Å². The Morgan fingerprint density at radius 1 is 1.10 bits per heavy atom. The standard InChI is InChI=1S/C21H23N3O4S/c1-12-6-7-13(2)17(10-12)22-19(25)14(3)29-21-24-23-20(28-21)16-9-8-15(26-4)11-18(16)27-5/h6-11,14H,1-5H3,(H,22,25)/t14-/m0/s1. The number of carbonyl (C=O) groups excluding carboxylic acids is 1. The Bertz CT molecular complexity index is 1020. The summed E-state index contributed by atoms with van der Waals surface area (Å²) in [6.07, 6.45) is 0. The van der Waals surface area contributed by atoms with Crippen molar-refractivity contribution in [2.24, 2.45) is 0 Å². The molecule has 152 valence electrons. The molecule has 1 atom stereocenters. The highest BCUT2D eigenvalue weighted by atomic mass is 32.2. The third-order valence-electron chi connectivity index (χ3n) is 4.34. The second kappa shape index (κ2) is 9.00. The molecule has 1 amide bonds. The molecule has 7 nitrogen and oxygen atoms in total. The fourth-order valence-electron chi connectivity index (χ4n) is 2.65. The zero-order chi connectivity index (χ0) is 21.0. The maximum Gasteiger partial charge on any atom is 0.277 e. The van der Waals surface area contributed by atoms with Gasteiger partial charge in [-0.2, -0.15) is 0 Å². The number of hydrogen-bond acceptors (Lipinski definition) is 7. The highest BCUT2D eigenvalue weighted by molar-refractivity contribution is 8.00. The van der Waals surface area contributed by atoms with Gasteiger partial charge in [0.2, 0.25) is 5.91 Å². The average Bonchev–Trinajstić information content (AvgIpc) is 3.18. The van der Waals surface area contributed by atoms with Crippen molar-refractivity contribution in [2.45, 2.75) is 31.2 Å². The number of thioether (sulfide) groups is 1. The van der Waals surface area contributed by atoms with Crippen LogP contribution in [0.15, 0.2) is 46.0 Å². The molecule has 0 unspecified atom stereocenters. The number of hydrogen-bond donors (Lipinski definition) is 1. The molecule has 0 saturated carbocycles. The number of nitrogens with zero attached hydrogens (tertiary/aromatic N) is 2. The molecular formula is C21H23N3O4S. The van der Waals surface area contributed by atoms with Crippen LogP contribution in [0.4, 0.5) is 5.69 Å². The number of methoxy groups -OCH3 is 2. The molecule has 1 heterocycles. The fraction of sp³-hybridized carbons (Fsp3) is 0.286. The number of nitrogens with one attached hydrogen (secondary N) is 1. The lowest BCUT2D eigenvalue weighted by Gasteiger charge is -2.12. The zero-order valence-electron chi connectivity index (χ0n) is 17.0. The van der Waals surface area contributed by atoms with E-state index >= 15 is 0 Å². The Morgan fingerprint density at radius 3 is 2.62 bits per heavy atom. The lowest BCUT2D eigenvalue weighted by molar-refractivity contribution is -0.115. The third-order valence-corrected chi connectivity index (χ3v) is 5.28. The number of benzene rings is 2. The third kappa shape index (κ3) is 4.89. The topological polar surface area (TPSA) is 86.5 Å². The molecule has 0 spiro atoms. The second-order valence-corrected chi connectivity index (χ2v) is 7.80. The van der Waals surface area contributed by atoms with Crippen LogP contribution in [-0.2, 0) is 4.79 Å². The van der Waals surface area contributed by atoms with Gasteiger partial charge < -0.3 is 19.2 Å². The van der Waals surface area contributed by atoms with Crippen molar-refractivity contribution < 1.29 is 18.7 Å². The molecule has 0 bridgehead atoms. The van der Waals surface area contributed by atoms with Crippen LogP contribution in [0.25, 0.3) is 11.5 Å². The number of aromatic nitrogens is 2. The van der Waals surface area contributed by atoms with Crippen molar-refractivity contribution in [3.8, 4) is 23.0 Å². The van der Waals surface area contributed by atoms with Crippen LogP contribution in [0.3, 0.4) is 0 Å². The van der Waals surface area contributed by atoms with Crippen molar-refractivity contribution >= 4 is 23.4 Å². The molecule has 3 rings (SSSR count). The molecule has 1 N–H and O–H groups in total. The van der Waals surface area contributed by atoms with Crippen LogP contribution in [-0.4, -0.2) is 35.6 Å². The number of carbonyl (C=O) groups is 1. The van der Waals surface area contributed by atoms with E-state index in [0.717, 1.165) is 16.8 Å². The van der Waals surface area contributed by atoms with Gasteiger partial charge in [-0.15, -0.1) is 10.2 Å². The van der Waals surface area contributed by atoms with E-state index in [4.69, 9.17) is 13.9 Å². The van der Waals surface area contributed by atoms with Crippen molar-refractivity contribution in [1.29, 1.82) is 0 Å². The number of aryl methyl sites for hydroxylation is 2. The largest absolute Gasteiger partial charge is 0.497 e. The number of anilines is 1. The molecule has 0 radical (unpaired) electrons. The van der Waals surface area contributed by atoms with Gasteiger partial charge in [-0.3, -0.25) is 4.79 Å². The van der Waals surface area contributed by atoms with E-state index in [2.05, 4.69) is 15.5 Å². The van der Waals surface area contributed by atoms with Gasteiger partial charge in [-0.05, 0) is 50.1 Å². The maximum absolute atomic E-state index is 12.6. The molecule has 0 saturated heterocycles. The van der Waals surface area contributed by atoms with Gasteiger partial charge in [-0.1, -0.05) is 23.9 Å². The zero-order valence-corrected chi connectivity index (χ0v) is 17.8. The summed E-state index contributed by atoms with van der Waals surface area (Å²) in [6, 6.07) is 11.3. The smallest absolute Gasteiger partial charge is 0.277 e. The molecule has 2 aromatic carbocycles. The Morgan fingerprint density at radius 2 is 1.90 bits per heavy atom. The van der Waals surface area contributed by atoms with E-state index < -0.39 is 5.25 Å². The van der Waals surface area contributed by atoms with Gasteiger partial charge in [0.25, 0.3) is 11.1 Å². The van der Waals surface area contributed by atoms with Gasteiger partial charge in [0.05, 0.1) is 25.0 Å². The molecule has 0 fully saturated rings. The molecule has 3 aromatic rings. The molecule has 0 aliphatic carbocycles. The van der Waals surface area contributed by atoms with Crippen LogP contribution in [0.5, 0.6) is 11.5 Å². The first-order valence-electron chi connectivity index (χ1n) is 9.02. The van der Waals surface area contributed by atoms with E-state index in [0.29, 0.717) is 28.2 Å². The summed E-state index contributed by atoms with van der Waals surface area (Å²) in [7, 11) is 3.14. The lowest BCUT2D eigenvalue weighted by Crippen LogP contribution is -2.22. The number of amides is 1. The Kier molecular flexibility index (Phi) is 6.43.